The molecular formula is C22H25N5O4. The van der Waals surface area contributed by atoms with Crippen molar-refractivity contribution in [2.75, 3.05) is 39.9 Å². The van der Waals surface area contributed by atoms with Crippen LogP contribution in [0, 0.1) is 17.2 Å². The smallest absolute Gasteiger partial charge is 0.253 e. The molecule has 2 aliphatic rings. The summed E-state index contributed by atoms with van der Waals surface area (Å²) in [4.78, 5) is 32.9. The Kier molecular flexibility index (Phi) is 6.28. The zero-order valence-corrected chi connectivity index (χ0v) is 17.5. The predicted octanol–water partition coefficient (Wildman–Crippen LogP) is 1.61. The van der Waals surface area contributed by atoms with E-state index in [9.17, 15) is 9.59 Å². The van der Waals surface area contributed by atoms with Crippen molar-refractivity contribution >= 4 is 11.8 Å². The van der Waals surface area contributed by atoms with Crippen LogP contribution in [0.1, 0.15) is 46.4 Å². The molecule has 1 aromatic carbocycles. The fraction of sp³-hybridized carbons (Fsp3) is 0.500. The second-order valence-electron chi connectivity index (χ2n) is 8.04. The van der Waals surface area contributed by atoms with Crippen LogP contribution in [-0.2, 0) is 16.0 Å². The lowest BCUT2D eigenvalue weighted by Crippen LogP contribution is -2.48. The van der Waals surface area contributed by atoms with Gasteiger partial charge in [-0.1, -0.05) is 11.2 Å². The molecule has 0 spiro atoms. The Morgan fingerprint density at radius 2 is 2.06 bits per heavy atom. The van der Waals surface area contributed by atoms with E-state index in [1.165, 1.54) is 0 Å². The number of hydrogen-bond donors (Lipinski definition) is 0. The first-order chi connectivity index (χ1) is 15.0. The minimum Gasteiger partial charge on any atom is -0.381 e. The molecular weight excluding hydrogens is 398 g/mol. The molecule has 3 heterocycles. The quantitative estimate of drug-likeness (QED) is 0.694. The third-order valence-electron chi connectivity index (χ3n) is 5.86. The first-order valence-electron chi connectivity index (χ1n) is 10.5. The van der Waals surface area contributed by atoms with Gasteiger partial charge in [0.15, 0.2) is 5.82 Å². The van der Waals surface area contributed by atoms with Crippen molar-refractivity contribution in [2.45, 2.75) is 25.2 Å². The molecule has 162 valence electrons. The molecule has 9 heteroatoms. The fourth-order valence-corrected chi connectivity index (χ4v) is 3.87. The van der Waals surface area contributed by atoms with Gasteiger partial charge in [0.25, 0.3) is 5.91 Å². The topological polar surface area (TPSA) is 113 Å². The van der Waals surface area contributed by atoms with E-state index in [2.05, 4.69) is 10.1 Å². The van der Waals surface area contributed by atoms with E-state index < -0.39 is 0 Å². The zero-order chi connectivity index (χ0) is 21.8. The molecule has 31 heavy (non-hydrogen) atoms. The summed E-state index contributed by atoms with van der Waals surface area (Å²) in [5.41, 5.74) is 0.964. The Morgan fingerprint density at radius 1 is 1.29 bits per heavy atom. The largest absolute Gasteiger partial charge is 0.381 e. The summed E-state index contributed by atoms with van der Waals surface area (Å²) < 4.78 is 10.7. The normalized spacial score (nSPS) is 17.1. The maximum atomic E-state index is 12.6. The number of rotatable bonds is 6. The molecule has 0 atom stereocenters. The summed E-state index contributed by atoms with van der Waals surface area (Å²) in [6.07, 6.45) is 2.06. The van der Waals surface area contributed by atoms with Gasteiger partial charge in [0.2, 0.25) is 11.8 Å². The van der Waals surface area contributed by atoms with Crippen molar-refractivity contribution in [2.24, 2.45) is 5.92 Å². The fourth-order valence-electron chi connectivity index (χ4n) is 3.87. The number of amides is 2. The number of carbonyl (C=O) groups excluding carboxylic acids is 2. The van der Waals surface area contributed by atoms with E-state index in [0.717, 1.165) is 12.8 Å². The number of carbonyl (C=O) groups is 2. The van der Waals surface area contributed by atoms with Gasteiger partial charge in [-0.05, 0) is 31.0 Å². The van der Waals surface area contributed by atoms with Crippen LogP contribution in [-0.4, -0.2) is 71.7 Å². The van der Waals surface area contributed by atoms with Crippen molar-refractivity contribution in [3.05, 3.63) is 47.1 Å². The van der Waals surface area contributed by atoms with E-state index in [-0.39, 0.29) is 23.7 Å². The number of aromatic nitrogens is 2. The average Bonchev–Trinajstić information content (AvgIpc) is 3.25. The molecule has 0 saturated carbocycles. The van der Waals surface area contributed by atoms with E-state index in [4.69, 9.17) is 14.5 Å². The zero-order valence-electron chi connectivity index (χ0n) is 17.5. The highest BCUT2D eigenvalue weighted by molar-refractivity contribution is 5.95. The van der Waals surface area contributed by atoms with Crippen molar-refractivity contribution in [3.63, 3.8) is 0 Å². The van der Waals surface area contributed by atoms with Gasteiger partial charge in [-0.2, -0.15) is 10.2 Å². The summed E-state index contributed by atoms with van der Waals surface area (Å²) in [5.74, 6) is 1.15. The molecule has 2 saturated heterocycles. The van der Waals surface area contributed by atoms with Gasteiger partial charge in [-0.15, -0.1) is 0 Å². The Bertz CT molecular complexity index is 986. The number of benzene rings is 1. The molecule has 0 radical (unpaired) electrons. The number of ether oxygens (including phenoxy) is 1. The highest BCUT2D eigenvalue weighted by Crippen LogP contribution is 2.27. The van der Waals surface area contributed by atoms with Crippen molar-refractivity contribution in [1.29, 1.82) is 5.26 Å². The number of likely N-dealkylation sites (tertiary alicyclic amines) is 1. The second-order valence-corrected chi connectivity index (χ2v) is 8.04. The molecule has 9 nitrogen and oxygen atoms in total. The lowest BCUT2D eigenvalue weighted by Gasteiger charge is -2.37. The van der Waals surface area contributed by atoms with Gasteiger partial charge >= 0.3 is 0 Å². The number of nitrogens with zero attached hydrogens (tertiary/aromatic N) is 5. The van der Waals surface area contributed by atoms with Crippen molar-refractivity contribution in [3.8, 4) is 6.07 Å². The third kappa shape index (κ3) is 4.75. The maximum Gasteiger partial charge on any atom is 0.253 e. The predicted molar refractivity (Wildman–Crippen MR) is 109 cm³/mol. The van der Waals surface area contributed by atoms with Crippen LogP contribution in [0.15, 0.2) is 28.8 Å². The third-order valence-corrected chi connectivity index (χ3v) is 5.86. The summed E-state index contributed by atoms with van der Waals surface area (Å²) in [7, 11) is 1.80. The van der Waals surface area contributed by atoms with Crippen LogP contribution in [0.3, 0.4) is 0 Å². The van der Waals surface area contributed by atoms with Crippen LogP contribution < -0.4 is 0 Å². The second kappa shape index (κ2) is 9.27. The van der Waals surface area contributed by atoms with Gasteiger partial charge in [0, 0.05) is 57.8 Å². The minimum absolute atomic E-state index is 0.00551. The highest BCUT2D eigenvalue weighted by atomic mass is 16.5. The van der Waals surface area contributed by atoms with Crippen LogP contribution in [0.4, 0.5) is 0 Å². The molecule has 0 aliphatic carbocycles. The Hall–Kier alpha value is -3.25. The summed E-state index contributed by atoms with van der Waals surface area (Å²) in [6, 6.07) is 8.73. The van der Waals surface area contributed by atoms with Crippen LogP contribution >= 0.6 is 0 Å². The SMILES string of the molecule is CN(CCc1noc(C2CN(C(=O)c3cccc(C#N)c3)C2)n1)C(=O)C1CCOCC1. The minimum atomic E-state index is -0.110. The number of nitriles is 1. The van der Waals surface area contributed by atoms with Gasteiger partial charge in [0.1, 0.15) is 0 Å². The molecule has 0 N–H and O–H groups in total. The molecule has 0 unspecified atom stereocenters. The summed E-state index contributed by atoms with van der Waals surface area (Å²) >= 11 is 0. The Balaban J connectivity index is 1.25. The molecule has 2 aromatic rings. The van der Waals surface area contributed by atoms with E-state index >= 15 is 0 Å². The van der Waals surface area contributed by atoms with E-state index in [1.807, 2.05) is 6.07 Å². The standard InChI is InChI=1S/C22H25N5O4/c1-26(21(28)16-6-9-30-10-7-16)8-5-19-24-20(31-25-19)18-13-27(14-18)22(29)17-4-2-3-15(11-17)12-23/h2-4,11,16,18H,5-10,13-14H2,1H3. The summed E-state index contributed by atoms with van der Waals surface area (Å²) in [5, 5.41) is 13.0. The summed E-state index contributed by atoms with van der Waals surface area (Å²) in [6.45, 7) is 2.81. The van der Waals surface area contributed by atoms with E-state index in [0.29, 0.717) is 62.1 Å². The van der Waals surface area contributed by atoms with Crippen molar-refractivity contribution < 1.29 is 18.8 Å². The molecule has 1 aromatic heterocycles. The van der Waals surface area contributed by atoms with Gasteiger partial charge in [-0.3, -0.25) is 9.59 Å². The van der Waals surface area contributed by atoms with Gasteiger partial charge in [-0.25, -0.2) is 0 Å². The van der Waals surface area contributed by atoms with E-state index in [1.54, 1.807) is 41.1 Å². The molecule has 2 fully saturated rings. The van der Waals surface area contributed by atoms with Crippen molar-refractivity contribution in [1.82, 2.24) is 19.9 Å². The van der Waals surface area contributed by atoms with Crippen LogP contribution in [0.5, 0.6) is 0 Å². The number of likely N-dealkylation sites (N-methyl/N-ethyl adjacent to an activating group) is 1. The Morgan fingerprint density at radius 3 is 2.81 bits per heavy atom. The molecule has 0 bridgehead atoms. The average molecular weight is 423 g/mol. The van der Waals surface area contributed by atoms with Crippen LogP contribution in [0.2, 0.25) is 0 Å². The maximum absolute atomic E-state index is 12.6. The lowest BCUT2D eigenvalue weighted by atomic mass is 9.98. The van der Waals surface area contributed by atoms with Gasteiger partial charge < -0.3 is 19.1 Å². The van der Waals surface area contributed by atoms with Gasteiger partial charge in [0.05, 0.1) is 17.6 Å². The first-order valence-corrected chi connectivity index (χ1v) is 10.5. The number of hydrogen-bond acceptors (Lipinski definition) is 7. The van der Waals surface area contributed by atoms with Crippen LogP contribution in [0.25, 0.3) is 0 Å². The molecule has 2 amide bonds. The highest BCUT2D eigenvalue weighted by Gasteiger charge is 2.36. The Labute approximate surface area is 180 Å². The lowest BCUT2D eigenvalue weighted by molar-refractivity contribution is -0.137. The molecule has 4 rings (SSSR count). The first kappa shape index (κ1) is 21.0. The molecule has 2 aliphatic heterocycles. The monoisotopic (exact) mass is 423 g/mol.